The molecule has 0 aromatic heterocycles. The Morgan fingerprint density at radius 2 is 1.78 bits per heavy atom. The van der Waals surface area contributed by atoms with E-state index in [1.54, 1.807) is 0 Å². The van der Waals surface area contributed by atoms with E-state index in [0.29, 0.717) is 23.4 Å². The molecule has 0 aromatic rings. The largest absolute Gasteiger partial charge is 0.458 e. The van der Waals surface area contributed by atoms with Crippen LogP contribution in [-0.4, -0.2) is 6.75 Å². The summed E-state index contributed by atoms with van der Waals surface area (Å²) in [5.41, 5.74) is 0. The number of hydrogen-bond donors (Lipinski definition) is 0. The van der Waals surface area contributed by atoms with Crippen molar-refractivity contribution in [3.05, 3.63) is 11.5 Å². The second kappa shape index (κ2) is 1.43. The summed E-state index contributed by atoms with van der Waals surface area (Å²) in [6, 6.07) is 0. The van der Waals surface area contributed by atoms with E-state index >= 15 is 0 Å². The van der Waals surface area contributed by atoms with Gasteiger partial charge in [0.25, 0.3) is 0 Å². The monoisotopic (exact) mass is 128 g/mol. The van der Waals surface area contributed by atoms with Crippen LogP contribution in [0, 0.1) is 11.8 Å². The Morgan fingerprint density at radius 1 is 1.33 bits per heavy atom. The summed E-state index contributed by atoms with van der Waals surface area (Å²) in [7, 11) is 0. The van der Waals surface area contributed by atoms with Crippen molar-refractivity contribution in [2.45, 2.75) is 13.8 Å². The highest BCUT2D eigenvalue weighted by Gasteiger charge is 2.40. The van der Waals surface area contributed by atoms with Gasteiger partial charge >= 0.3 is 0 Å². The van der Waals surface area contributed by atoms with E-state index in [0.717, 1.165) is 0 Å². The first-order valence-electron chi connectivity index (χ1n) is 4.13. The van der Waals surface area contributed by atoms with Crippen LogP contribution in [0.25, 0.3) is 0 Å². The van der Waals surface area contributed by atoms with Crippen molar-refractivity contribution < 1.29 is 12.2 Å². The summed E-state index contributed by atoms with van der Waals surface area (Å²) in [6.45, 7) is 2.10. The third-order valence-corrected chi connectivity index (χ3v) is 2.12. The van der Waals surface area contributed by atoms with Crippen molar-refractivity contribution in [3.63, 3.8) is 0 Å². The first-order chi connectivity index (χ1) is 5.01. The van der Waals surface area contributed by atoms with Gasteiger partial charge in [0.05, 0.1) is 0 Å². The number of ether oxygens (including phenoxy) is 2. The van der Waals surface area contributed by atoms with Gasteiger partial charge in [-0.1, -0.05) is 13.8 Å². The fourth-order valence-electron chi connectivity index (χ4n) is 1.20. The van der Waals surface area contributed by atoms with Gasteiger partial charge in [-0.2, -0.15) is 0 Å². The summed E-state index contributed by atoms with van der Waals surface area (Å²) < 4.78 is 24.1. The first-order valence-corrected chi connectivity index (χ1v) is 3.13. The minimum absolute atomic E-state index is 0.308. The number of hydrogen-bond acceptors (Lipinski definition) is 2. The van der Waals surface area contributed by atoms with Crippen LogP contribution in [0.5, 0.6) is 0 Å². The van der Waals surface area contributed by atoms with Crippen LogP contribution in [0.15, 0.2) is 11.5 Å². The van der Waals surface area contributed by atoms with E-state index in [-0.39, 0.29) is 0 Å². The molecule has 0 aromatic carbocycles. The number of allylic oxidation sites excluding steroid dienone is 2. The highest BCUT2D eigenvalue weighted by Crippen LogP contribution is 2.44. The van der Waals surface area contributed by atoms with Crippen LogP contribution in [0.3, 0.4) is 0 Å². The highest BCUT2D eigenvalue weighted by atomic mass is 16.7. The summed E-state index contributed by atoms with van der Waals surface area (Å²) in [4.78, 5) is 0. The summed E-state index contributed by atoms with van der Waals surface area (Å²) in [5.74, 6) is 2.01. The molecule has 2 atom stereocenters. The SMILES string of the molecule is [2H]C1([2H])OC2=C(O1)C(C)C2C. The second-order valence-corrected chi connectivity index (χ2v) is 2.59. The molecule has 9 heavy (non-hydrogen) atoms. The summed E-state index contributed by atoms with van der Waals surface area (Å²) in [6.07, 6.45) is 0. The van der Waals surface area contributed by atoms with E-state index in [1.807, 2.05) is 13.8 Å². The van der Waals surface area contributed by atoms with Crippen molar-refractivity contribution in [2.75, 3.05) is 6.75 Å². The molecule has 50 valence electrons. The van der Waals surface area contributed by atoms with E-state index < -0.39 is 6.75 Å². The Bertz CT molecular complexity index is 213. The predicted octanol–water partition coefficient (Wildman–Crippen LogP) is 1.49. The van der Waals surface area contributed by atoms with Crippen LogP contribution in [0.1, 0.15) is 16.6 Å². The van der Waals surface area contributed by atoms with E-state index in [1.165, 1.54) is 0 Å². The van der Waals surface area contributed by atoms with Gasteiger partial charge < -0.3 is 9.47 Å². The zero-order chi connectivity index (χ0) is 8.22. The van der Waals surface area contributed by atoms with Crippen molar-refractivity contribution in [3.8, 4) is 0 Å². The van der Waals surface area contributed by atoms with Gasteiger partial charge in [0.15, 0.2) is 0 Å². The standard InChI is InChI=1S/C7H10O2/c1-4-5(2)7-6(4)8-3-9-7/h4-5H,3H2,1-2H3/i3D2. The minimum Gasteiger partial charge on any atom is -0.458 e. The molecule has 0 N–H and O–H groups in total. The van der Waals surface area contributed by atoms with E-state index in [9.17, 15) is 0 Å². The second-order valence-electron chi connectivity index (χ2n) is 2.59. The molecule has 1 aliphatic heterocycles. The zero-order valence-corrected chi connectivity index (χ0v) is 5.47. The predicted molar refractivity (Wildman–Crippen MR) is 32.4 cm³/mol. The van der Waals surface area contributed by atoms with Gasteiger partial charge in [0, 0.05) is 11.8 Å². The lowest BCUT2D eigenvalue weighted by molar-refractivity contribution is 0.0760. The normalized spacial score (nSPS) is 47.8. The maximum absolute atomic E-state index is 7.15. The molecule has 0 radical (unpaired) electrons. The Morgan fingerprint density at radius 3 is 2.22 bits per heavy atom. The van der Waals surface area contributed by atoms with Crippen molar-refractivity contribution in [1.29, 1.82) is 0 Å². The smallest absolute Gasteiger partial charge is 0.230 e. The van der Waals surface area contributed by atoms with Crippen LogP contribution >= 0.6 is 0 Å². The highest BCUT2D eigenvalue weighted by molar-refractivity contribution is 5.23. The Kier molecular flexibility index (Phi) is 0.557. The molecule has 2 aliphatic rings. The van der Waals surface area contributed by atoms with Crippen LogP contribution < -0.4 is 0 Å². The van der Waals surface area contributed by atoms with Gasteiger partial charge in [-0.15, -0.1) is 0 Å². The van der Waals surface area contributed by atoms with Gasteiger partial charge in [-0.05, 0) is 0 Å². The molecular formula is C7H10O2. The maximum atomic E-state index is 7.15. The molecule has 0 saturated carbocycles. The van der Waals surface area contributed by atoms with Crippen LogP contribution in [0.2, 0.25) is 0 Å². The quantitative estimate of drug-likeness (QED) is 0.492. The lowest BCUT2D eigenvalue weighted by atomic mass is 9.81. The van der Waals surface area contributed by atoms with Crippen molar-refractivity contribution in [1.82, 2.24) is 0 Å². The van der Waals surface area contributed by atoms with Gasteiger partial charge in [-0.3, -0.25) is 0 Å². The lowest BCUT2D eigenvalue weighted by Gasteiger charge is -2.28. The lowest BCUT2D eigenvalue weighted by Crippen LogP contribution is -2.24. The maximum Gasteiger partial charge on any atom is 0.230 e. The molecule has 0 amide bonds. The molecule has 2 nitrogen and oxygen atoms in total. The Balaban J connectivity index is 2.21. The fourth-order valence-corrected chi connectivity index (χ4v) is 1.20. The molecule has 2 heteroatoms. The number of rotatable bonds is 0. The molecule has 2 rings (SSSR count). The van der Waals surface area contributed by atoms with E-state index in [4.69, 9.17) is 12.2 Å². The molecule has 0 fully saturated rings. The molecular weight excluding hydrogens is 116 g/mol. The first kappa shape index (κ1) is 3.49. The molecule has 2 unspecified atom stereocenters. The Labute approximate surface area is 57.3 Å². The topological polar surface area (TPSA) is 18.5 Å². The van der Waals surface area contributed by atoms with Gasteiger partial charge in [-0.25, -0.2) is 0 Å². The third kappa shape index (κ3) is 0.460. The minimum atomic E-state index is -1.91. The average molecular weight is 128 g/mol. The molecule has 0 spiro atoms. The molecule has 1 aliphatic carbocycles. The Hall–Kier alpha value is -0.660. The van der Waals surface area contributed by atoms with Crippen molar-refractivity contribution in [2.24, 2.45) is 11.8 Å². The van der Waals surface area contributed by atoms with Gasteiger partial charge in [0.1, 0.15) is 14.3 Å². The van der Waals surface area contributed by atoms with Crippen molar-refractivity contribution >= 4 is 0 Å². The third-order valence-electron chi connectivity index (χ3n) is 2.12. The molecule has 0 bridgehead atoms. The van der Waals surface area contributed by atoms with Crippen LogP contribution in [0.4, 0.5) is 0 Å². The van der Waals surface area contributed by atoms with E-state index in [2.05, 4.69) is 0 Å². The molecule has 0 saturated heterocycles. The summed E-state index contributed by atoms with van der Waals surface area (Å²) >= 11 is 0. The zero-order valence-electron chi connectivity index (χ0n) is 7.47. The van der Waals surface area contributed by atoms with Crippen LogP contribution in [-0.2, 0) is 9.47 Å². The fraction of sp³-hybridized carbons (Fsp3) is 0.714. The summed E-state index contributed by atoms with van der Waals surface area (Å²) in [5, 5.41) is 0. The average Bonchev–Trinajstić information content (AvgIpc) is 2.23. The van der Waals surface area contributed by atoms with Gasteiger partial charge in [0.2, 0.25) is 6.75 Å². The molecule has 1 heterocycles.